The Labute approximate surface area is 179 Å². The van der Waals surface area contributed by atoms with Gasteiger partial charge in [-0.2, -0.15) is 0 Å². The molecule has 1 aromatic heterocycles. The Balaban J connectivity index is 1.62. The molecule has 1 aliphatic rings. The van der Waals surface area contributed by atoms with E-state index in [1.807, 2.05) is 31.2 Å². The molecule has 0 atom stereocenters. The summed E-state index contributed by atoms with van der Waals surface area (Å²) in [5.41, 5.74) is 3.13. The smallest absolute Gasteiger partial charge is 0.213 e. The fourth-order valence-corrected chi connectivity index (χ4v) is 4.64. The minimum Gasteiger partial charge on any atom is -0.357 e. The number of aromatic nitrogens is 1. The first-order chi connectivity index (χ1) is 14.5. The van der Waals surface area contributed by atoms with E-state index in [0.29, 0.717) is 19.6 Å². The maximum absolute atomic E-state index is 12.0. The lowest BCUT2D eigenvalue weighted by atomic mass is 10.1. The Morgan fingerprint density at radius 2 is 1.97 bits per heavy atom. The van der Waals surface area contributed by atoms with Gasteiger partial charge in [0.1, 0.15) is 0 Å². The molecule has 30 heavy (non-hydrogen) atoms. The van der Waals surface area contributed by atoms with Gasteiger partial charge in [-0.1, -0.05) is 24.3 Å². The van der Waals surface area contributed by atoms with Crippen LogP contribution in [-0.4, -0.2) is 55.1 Å². The van der Waals surface area contributed by atoms with Gasteiger partial charge in [0.2, 0.25) is 10.0 Å². The average molecular weight is 430 g/mol. The lowest BCUT2D eigenvalue weighted by molar-refractivity contribution is 0.306. The fourth-order valence-electron chi connectivity index (χ4n) is 3.51. The molecule has 2 N–H and O–H groups in total. The SMILES string of the molecule is CCNC(=NCc1cccc(-c2ccccn2)c1)NC1CCN(S(=O)(=O)CC)CC1. The van der Waals surface area contributed by atoms with Crippen molar-refractivity contribution in [3.63, 3.8) is 0 Å². The Hall–Kier alpha value is -2.45. The van der Waals surface area contributed by atoms with Crippen molar-refractivity contribution in [2.24, 2.45) is 4.99 Å². The zero-order chi connectivity index (χ0) is 21.4. The molecule has 0 spiro atoms. The van der Waals surface area contributed by atoms with Gasteiger partial charge in [0, 0.05) is 37.4 Å². The molecule has 162 valence electrons. The van der Waals surface area contributed by atoms with Crippen LogP contribution in [0.1, 0.15) is 32.3 Å². The predicted molar refractivity (Wildman–Crippen MR) is 122 cm³/mol. The van der Waals surface area contributed by atoms with E-state index < -0.39 is 10.0 Å². The molecule has 0 unspecified atom stereocenters. The number of nitrogens with one attached hydrogen (secondary N) is 2. The van der Waals surface area contributed by atoms with Crippen molar-refractivity contribution in [1.29, 1.82) is 0 Å². The molecule has 2 aromatic rings. The maximum atomic E-state index is 12.0. The van der Waals surface area contributed by atoms with Gasteiger partial charge in [0.15, 0.2) is 5.96 Å². The highest BCUT2D eigenvalue weighted by Crippen LogP contribution is 2.18. The van der Waals surface area contributed by atoms with E-state index in [-0.39, 0.29) is 11.8 Å². The number of hydrogen-bond acceptors (Lipinski definition) is 4. The summed E-state index contributed by atoms with van der Waals surface area (Å²) in [5, 5.41) is 6.76. The highest BCUT2D eigenvalue weighted by molar-refractivity contribution is 7.89. The molecule has 0 saturated carbocycles. The van der Waals surface area contributed by atoms with Crippen molar-refractivity contribution in [2.75, 3.05) is 25.4 Å². The van der Waals surface area contributed by atoms with Crippen LogP contribution in [0.5, 0.6) is 0 Å². The van der Waals surface area contributed by atoms with Gasteiger partial charge in [0.05, 0.1) is 18.0 Å². The molecule has 1 aliphatic heterocycles. The van der Waals surface area contributed by atoms with E-state index in [1.54, 1.807) is 17.4 Å². The molecule has 7 nitrogen and oxygen atoms in total. The Kier molecular flexibility index (Phi) is 7.81. The molecular weight excluding hydrogens is 398 g/mol. The summed E-state index contributed by atoms with van der Waals surface area (Å²) < 4.78 is 25.7. The predicted octanol–water partition coefficient (Wildman–Crippen LogP) is 2.62. The third-order valence-corrected chi connectivity index (χ3v) is 7.09. The van der Waals surface area contributed by atoms with E-state index in [0.717, 1.165) is 42.2 Å². The van der Waals surface area contributed by atoms with Crippen LogP contribution in [0.25, 0.3) is 11.3 Å². The van der Waals surface area contributed by atoms with Gasteiger partial charge < -0.3 is 10.6 Å². The van der Waals surface area contributed by atoms with Crippen LogP contribution in [0.4, 0.5) is 0 Å². The second kappa shape index (κ2) is 10.5. The lowest BCUT2D eigenvalue weighted by Crippen LogP contribution is -2.50. The summed E-state index contributed by atoms with van der Waals surface area (Å²) in [6.07, 6.45) is 3.35. The number of hydrogen-bond donors (Lipinski definition) is 2. The molecule has 2 heterocycles. The van der Waals surface area contributed by atoms with Crippen LogP contribution < -0.4 is 10.6 Å². The lowest BCUT2D eigenvalue weighted by Gasteiger charge is -2.32. The molecule has 1 fully saturated rings. The number of pyridine rings is 1. The van der Waals surface area contributed by atoms with Crippen molar-refractivity contribution >= 4 is 16.0 Å². The number of sulfonamides is 1. The molecule has 8 heteroatoms. The van der Waals surface area contributed by atoms with Crippen LogP contribution in [0, 0.1) is 0 Å². The van der Waals surface area contributed by atoms with Crippen molar-refractivity contribution in [2.45, 2.75) is 39.3 Å². The largest absolute Gasteiger partial charge is 0.357 e. The first-order valence-corrected chi connectivity index (χ1v) is 12.2. The Morgan fingerprint density at radius 1 is 1.17 bits per heavy atom. The fraction of sp³-hybridized carbons (Fsp3) is 0.455. The minimum absolute atomic E-state index is 0.159. The standard InChI is InChI=1S/C22H31N5O2S/c1-3-23-22(26-20-11-14-27(15-12-20)30(28,29)4-2)25-17-18-8-7-9-19(16-18)21-10-5-6-13-24-21/h5-10,13,16,20H,3-4,11-12,14-15,17H2,1-2H3,(H2,23,25,26). The minimum atomic E-state index is -3.10. The molecular formula is C22H31N5O2S. The number of piperidine rings is 1. The van der Waals surface area contributed by atoms with Gasteiger partial charge in [-0.3, -0.25) is 4.98 Å². The third kappa shape index (κ3) is 6.03. The normalized spacial score (nSPS) is 16.4. The summed E-state index contributed by atoms with van der Waals surface area (Å²) in [7, 11) is -3.10. The quantitative estimate of drug-likeness (QED) is 0.522. The maximum Gasteiger partial charge on any atom is 0.213 e. The van der Waals surface area contributed by atoms with Gasteiger partial charge in [-0.05, 0) is 50.5 Å². The second-order valence-electron chi connectivity index (χ2n) is 7.33. The second-order valence-corrected chi connectivity index (χ2v) is 9.59. The zero-order valence-corrected chi connectivity index (χ0v) is 18.5. The van der Waals surface area contributed by atoms with Gasteiger partial charge in [-0.15, -0.1) is 0 Å². The Bertz CT molecular complexity index is 939. The first kappa shape index (κ1) is 22.2. The van der Waals surface area contributed by atoms with Crippen molar-refractivity contribution < 1.29 is 8.42 Å². The number of nitrogens with zero attached hydrogens (tertiary/aromatic N) is 3. The molecule has 0 radical (unpaired) electrons. The van der Waals surface area contributed by atoms with Gasteiger partial charge >= 0.3 is 0 Å². The average Bonchev–Trinajstić information content (AvgIpc) is 2.79. The van der Waals surface area contributed by atoms with E-state index >= 15 is 0 Å². The molecule has 0 amide bonds. The first-order valence-electron chi connectivity index (χ1n) is 10.5. The van der Waals surface area contributed by atoms with E-state index in [9.17, 15) is 8.42 Å². The number of rotatable bonds is 7. The molecule has 0 bridgehead atoms. The van der Waals surface area contributed by atoms with E-state index in [2.05, 4.69) is 33.8 Å². The number of benzene rings is 1. The molecule has 1 aromatic carbocycles. The summed E-state index contributed by atoms with van der Waals surface area (Å²) >= 11 is 0. The van der Waals surface area contributed by atoms with Gasteiger partial charge in [-0.25, -0.2) is 17.7 Å². The van der Waals surface area contributed by atoms with E-state index in [1.165, 1.54) is 0 Å². The third-order valence-electron chi connectivity index (χ3n) is 5.20. The Morgan fingerprint density at radius 3 is 2.63 bits per heavy atom. The van der Waals surface area contributed by atoms with Crippen molar-refractivity contribution in [3.8, 4) is 11.3 Å². The van der Waals surface area contributed by atoms with Crippen LogP contribution in [0.2, 0.25) is 0 Å². The van der Waals surface area contributed by atoms with Crippen LogP contribution in [0.3, 0.4) is 0 Å². The zero-order valence-electron chi connectivity index (χ0n) is 17.7. The summed E-state index contributed by atoms with van der Waals surface area (Å²) in [4.78, 5) is 9.15. The highest BCUT2D eigenvalue weighted by atomic mass is 32.2. The topological polar surface area (TPSA) is 86.7 Å². The molecule has 1 saturated heterocycles. The van der Waals surface area contributed by atoms with Crippen LogP contribution in [-0.2, 0) is 16.6 Å². The monoisotopic (exact) mass is 429 g/mol. The van der Waals surface area contributed by atoms with Crippen LogP contribution in [0.15, 0.2) is 53.7 Å². The van der Waals surface area contributed by atoms with Crippen molar-refractivity contribution in [3.05, 3.63) is 54.2 Å². The number of guanidine groups is 1. The summed E-state index contributed by atoms with van der Waals surface area (Å²) in [6, 6.07) is 14.4. The van der Waals surface area contributed by atoms with Crippen LogP contribution >= 0.6 is 0 Å². The summed E-state index contributed by atoms with van der Waals surface area (Å²) in [5.74, 6) is 0.921. The number of aliphatic imine (C=N–C) groups is 1. The van der Waals surface area contributed by atoms with Crippen molar-refractivity contribution in [1.82, 2.24) is 19.9 Å². The highest BCUT2D eigenvalue weighted by Gasteiger charge is 2.26. The summed E-state index contributed by atoms with van der Waals surface area (Å²) in [6.45, 7) is 6.16. The van der Waals surface area contributed by atoms with Gasteiger partial charge in [0.25, 0.3) is 0 Å². The molecule has 0 aliphatic carbocycles. The molecule has 3 rings (SSSR count). The van der Waals surface area contributed by atoms with E-state index in [4.69, 9.17) is 4.99 Å².